The molecule has 0 aromatic carbocycles. The molecule has 0 atom stereocenters. The van der Waals surface area contributed by atoms with Crippen molar-refractivity contribution in [3.05, 3.63) is 11.6 Å². The van der Waals surface area contributed by atoms with Crippen molar-refractivity contribution in [3.8, 4) is 0 Å². The van der Waals surface area contributed by atoms with Crippen molar-refractivity contribution < 1.29 is 0 Å². The Kier molecular flexibility index (Phi) is 3.02. The number of hydrogen-bond donors (Lipinski definition) is 1. The fourth-order valence-electron chi connectivity index (χ4n) is 1.89. The van der Waals surface area contributed by atoms with Gasteiger partial charge in [0.25, 0.3) is 0 Å². The van der Waals surface area contributed by atoms with Gasteiger partial charge in [0.05, 0.1) is 6.54 Å². The quantitative estimate of drug-likeness (QED) is 0.759. The van der Waals surface area contributed by atoms with Gasteiger partial charge in [-0.15, -0.1) is 10.2 Å². The number of likely N-dealkylation sites (N-methyl/N-ethyl adjacent to an activating group) is 1. The van der Waals surface area contributed by atoms with Gasteiger partial charge in [-0.2, -0.15) is 0 Å². The highest BCUT2D eigenvalue weighted by Gasteiger charge is 2.22. The molecular formula is C10H19N5. The summed E-state index contributed by atoms with van der Waals surface area (Å²) in [5.74, 6) is 2.08. The number of rotatable bonds is 4. The summed E-state index contributed by atoms with van der Waals surface area (Å²) >= 11 is 0. The van der Waals surface area contributed by atoms with Gasteiger partial charge in [-0.1, -0.05) is 0 Å². The molecule has 1 aromatic heterocycles. The third-order valence-electron chi connectivity index (χ3n) is 3.10. The van der Waals surface area contributed by atoms with E-state index in [-0.39, 0.29) is 0 Å². The van der Waals surface area contributed by atoms with Gasteiger partial charge in [0.1, 0.15) is 11.6 Å². The van der Waals surface area contributed by atoms with Gasteiger partial charge in [0, 0.05) is 25.7 Å². The van der Waals surface area contributed by atoms with Crippen LogP contribution >= 0.6 is 0 Å². The lowest BCUT2D eigenvalue weighted by Crippen LogP contribution is -2.55. The van der Waals surface area contributed by atoms with Crippen molar-refractivity contribution in [2.75, 3.05) is 20.1 Å². The zero-order valence-electron chi connectivity index (χ0n) is 9.69. The minimum absolute atomic E-state index is 0.660. The first-order valence-corrected chi connectivity index (χ1v) is 5.52. The number of nitrogens with zero attached hydrogens (tertiary/aromatic N) is 4. The number of aryl methyl sites for hydroxylation is 1. The summed E-state index contributed by atoms with van der Waals surface area (Å²) < 4.78 is 2.17. The Morgan fingerprint density at radius 1 is 1.47 bits per heavy atom. The summed E-state index contributed by atoms with van der Waals surface area (Å²) in [6, 6.07) is 0.660. The summed E-state index contributed by atoms with van der Waals surface area (Å²) in [5, 5.41) is 11.6. The lowest BCUT2D eigenvalue weighted by atomic mass is 10.1. The summed E-state index contributed by atoms with van der Waals surface area (Å²) in [6.07, 6.45) is 0. The first kappa shape index (κ1) is 10.6. The van der Waals surface area contributed by atoms with Gasteiger partial charge >= 0.3 is 0 Å². The number of nitrogens with one attached hydrogen (secondary N) is 1. The van der Waals surface area contributed by atoms with Gasteiger partial charge in [0.2, 0.25) is 0 Å². The molecule has 0 bridgehead atoms. The molecule has 1 fully saturated rings. The van der Waals surface area contributed by atoms with Crippen LogP contribution in [0.5, 0.6) is 0 Å². The van der Waals surface area contributed by atoms with Crippen molar-refractivity contribution in [1.82, 2.24) is 25.0 Å². The van der Waals surface area contributed by atoms with E-state index >= 15 is 0 Å². The summed E-state index contributed by atoms with van der Waals surface area (Å²) in [4.78, 5) is 2.34. The fourth-order valence-corrected chi connectivity index (χ4v) is 1.89. The standard InChI is InChI=1S/C10H19N5/c1-4-15-8(2)12-13-10(15)7-14(3)9-5-11-6-9/h9,11H,4-7H2,1-3H3. The molecule has 1 aliphatic heterocycles. The summed E-state index contributed by atoms with van der Waals surface area (Å²) in [6.45, 7) is 8.16. The second-order valence-electron chi connectivity index (χ2n) is 4.13. The molecule has 1 saturated heterocycles. The highest BCUT2D eigenvalue weighted by atomic mass is 15.3. The minimum Gasteiger partial charge on any atom is -0.314 e. The number of hydrogen-bond acceptors (Lipinski definition) is 4. The third kappa shape index (κ3) is 2.03. The van der Waals surface area contributed by atoms with E-state index in [1.54, 1.807) is 0 Å². The van der Waals surface area contributed by atoms with Crippen LogP contribution in [0.3, 0.4) is 0 Å². The van der Waals surface area contributed by atoms with E-state index in [4.69, 9.17) is 0 Å². The maximum atomic E-state index is 4.22. The van der Waals surface area contributed by atoms with E-state index in [9.17, 15) is 0 Å². The van der Waals surface area contributed by atoms with E-state index in [2.05, 4.69) is 39.0 Å². The summed E-state index contributed by atoms with van der Waals surface area (Å²) in [7, 11) is 2.15. The lowest BCUT2D eigenvalue weighted by molar-refractivity contribution is 0.167. The van der Waals surface area contributed by atoms with Crippen LogP contribution in [0, 0.1) is 6.92 Å². The van der Waals surface area contributed by atoms with Crippen molar-refractivity contribution in [1.29, 1.82) is 0 Å². The Bertz CT molecular complexity index is 329. The van der Waals surface area contributed by atoms with Gasteiger partial charge in [0.15, 0.2) is 0 Å². The normalized spacial score (nSPS) is 17.1. The van der Waals surface area contributed by atoms with Crippen LogP contribution in [0.25, 0.3) is 0 Å². The Labute approximate surface area is 90.5 Å². The van der Waals surface area contributed by atoms with Gasteiger partial charge in [-0.05, 0) is 20.9 Å². The van der Waals surface area contributed by atoms with Crippen molar-refractivity contribution in [3.63, 3.8) is 0 Å². The molecule has 2 rings (SSSR count). The van der Waals surface area contributed by atoms with E-state index in [1.165, 1.54) is 0 Å². The van der Waals surface area contributed by atoms with Gasteiger partial charge in [-0.25, -0.2) is 0 Å². The SMILES string of the molecule is CCn1c(C)nnc1CN(C)C1CNC1. The average Bonchev–Trinajstić information content (AvgIpc) is 2.43. The predicted molar refractivity (Wildman–Crippen MR) is 58.6 cm³/mol. The number of aromatic nitrogens is 3. The van der Waals surface area contributed by atoms with Crippen LogP contribution in [0.15, 0.2) is 0 Å². The molecule has 0 unspecified atom stereocenters. The molecule has 0 aliphatic carbocycles. The molecule has 1 aliphatic rings. The molecule has 2 heterocycles. The van der Waals surface area contributed by atoms with Gasteiger partial charge in [-0.3, -0.25) is 4.90 Å². The Morgan fingerprint density at radius 2 is 2.20 bits per heavy atom. The fraction of sp³-hybridized carbons (Fsp3) is 0.800. The van der Waals surface area contributed by atoms with Crippen molar-refractivity contribution >= 4 is 0 Å². The van der Waals surface area contributed by atoms with Gasteiger partial charge < -0.3 is 9.88 Å². The average molecular weight is 209 g/mol. The molecule has 0 spiro atoms. The van der Waals surface area contributed by atoms with Crippen LogP contribution in [-0.4, -0.2) is 45.8 Å². The van der Waals surface area contributed by atoms with E-state index in [0.29, 0.717) is 6.04 Å². The van der Waals surface area contributed by atoms with Crippen LogP contribution < -0.4 is 5.32 Å². The molecule has 0 radical (unpaired) electrons. The molecule has 0 saturated carbocycles. The van der Waals surface area contributed by atoms with E-state index in [1.807, 2.05) is 6.92 Å². The smallest absolute Gasteiger partial charge is 0.147 e. The maximum absolute atomic E-state index is 4.22. The molecular weight excluding hydrogens is 190 g/mol. The van der Waals surface area contributed by atoms with Crippen molar-refractivity contribution in [2.24, 2.45) is 0 Å². The zero-order chi connectivity index (χ0) is 10.8. The van der Waals surface area contributed by atoms with E-state index < -0.39 is 0 Å². The molecule has 5 nitrogen and oxygen atoms in total. The molecule has 1 aromatic rings. The molecule has 0 amide bonds. The molecule has 1 N–H and O–H groups in total. The molecule has 15 heavy (non-hydrogen) atoms. The second kappa shape index (κ2) is 4.28. The maximum Gasteiger partial charge on any atom is 0.147 e. The summed E-state index contributed by atoms with van der Waals surface area (Å²) in [5.41, 5.74) is 0. The molecule has 5 heteroatoms. The predicted octanol–water partition coefficient (Wildman–Crippen LogP) is 0.0100. The van der Waals surface area contributed by atoms with Crippen LogP contribution in [0.1, 0.15) is 18.6 Å². The molecule has 84 valence electrons. The van der Waals surface area contributed by atoms with Crippen LogP contribution in [-0.2, 0) is 13.1 Å². The topological polar surface area (TPSA) is 46.0 Å². The zero-order valence-corrected chi connectivity index (χ0v) is 9.69. The second-order valence-corrected chi connectivity index (χ2v) is 4.13. The largest absolute Gasteiger partial charge is 0.314 e. The van der Waals surface area contributed by atoms with E-state index in [0.717, 1.165) is 37.8 Å². The Hall–Kier alpha value is -0.940. The highest BCUT2D eigenvalue weighted by molar-refractivity contribution is 4.95. The Morgan fingerprint density at radius 3 is 2.73 bits per heavy atom. The lowest BCUT2D eigenvalue weighted by Gasteiger charge is -2.35. The third-order valence-corrected chi connectivity index (χ3v) is 3.10. The highest BCUT2D eigenvalue weighted by Crippen LogP contribution is 2.08. The monoisotopic (exact) mass is 209 g/mol. The minimum atomic E-state index is 0.660. The van der Waals surface area contributed by atoms with Crippen LogP contribution in [0.4, 0.5) is 0 Å². The Balaban J connectivity index is 2.02. The van der Waals surface area contributed by atoms with Crippen molar-refractivity contribution in [2.45, 2.75) is 33.0 Å². The first-order chi connectivity index (χ1) is 7.22. The first-order valence-electron chi connectivity index (χ1n) is 5.52. The van der Waals surface area contributed by atoms with Crippen LogP contribution in [0.2, 0.25) is 0 Å².